The molecule has 0 radical (unpaired) electrons. The van der Waals surface area contributed by atoms with Crippen LogP contribution < -0.4 is 9.47 Å². The van der Waals surface area contributed by atoms with Crippen molar-refractivity contribution in [3.8, 4) is 11.5 Å². The number of ketones is 2. The summed E-state index contributed by atoms with van der Waals surface area (Å²) in [6, 6.07) is 28.6. The van der Waals surface area contributed by atoms with Gasteiger partial charge in [-0.1, -0.05) is 114 Å². The highest BCUT2D eigenvalue weighted by Crippen LogP contribution is 2.40. The van der Waals surface area contributed by atoms with E-state index in [2.05, 4.69) is 0 Å². The summed E-state index contributed by atoms with van der Waals surface area (Å²) in [6.07, 6.45) is -2.61. The molecule has 0 aliphatic carbocycles. The van der Waals surface area contributed by atoms with E-state index in [9.17, 15) is 39.4 Å². The van der Waals surface area contributed by atoms with E-state index < -0.39 is 46.8 Å². The lowest BCUT2D eigenvalue weighted by Crippen LogP contribution is -2.49. The molecular weight excluding hydrogens is 1120 g/mol. The summed E-state index contributed by atoms with van der Waals surface area (Å²) in [7, 11) is 7.56. The van der Waals surface area contributed by atoms with Crippen LogP contribution in [0.3, 0.4) is 0 Å². The van der Waals surface area contributed by atoms with Gasteiger partial charge in [0.2, 0.25) is 12.6 Å². The van der Waals surface area contributed by atoms with Crippen molar-refractivity contribution in [3.63, 3.8) is 0 Å². The molecule has 4 aromatic rings. The first-order valence-corrected chi connectivity index (χ1v) is 29.1. The summed E-state index contributed by atoms with van der Waals surface area (Å²) in [5, 5.41) is 32.2. The quantitative estimate of drug-likeness (QED) is 0.0153. The van der Waals surface area contributed by atoms with E-state index in [4.69, 9.17) is 49.9 Å². The number of nitro groups is 2. The standard InChI is InChI=1S/C31H43N3O8.C23H34ClN3O7.C8H10O/c1-21-22(2)29(24(4)35)42-30(23(21)3)41-28-13-12-26(18-27(28)34(37)38)19-40-31(36)33(16-15-32(5)6)20-39-17-14-25-10-8-7-9-11-25;1-14-15(2)21(17(4)28)34-22(16(14)3)33-20-8-7-18(11-19(20)27(30)31)12-32-23(29)26(13-24)10-9-25(5)6;9-7-6-8-4-2-1-3-5-8/h7-13,18,21-23,29-30H,14-17,19-20H2,1-6H3;7-8,11,14-16,21-22H,9-10,12-13H2,1-6H3;1-5,9H,6-7H2/t21-,22?,23-,29?,30?;14-,15?,16-,21?,22?;/m00./s1. The van der Waals surface area contributed by atoms with Crippen LogP contribution in [-0.2, 0) is 59.3 Å². The van der Waals surface area contributed by atoms with Crippen LogP contribution in [0.5, 0.6) is 11.5 Å². The number of aliphatic hydroxyl groups is 1. The molecule has 2 aliphatic rings. The Morgan fingerprint density at radius 1 is 0.553 bits per heavy atom. The number of likely N-dealkylation sites (N-methyl/N-ethyl adjacent to an activating group) is 2. The zero-order chi connectivity index (χ0) is 62.9. The number of Topliss-reactive ketones (excluding diaryl/α,β-unsaturated/α-hetero) is 2. The Morgan fingerprint density at radius 2 is 0.953 bits per heavy atom. The minimum absolute atomic E-state index is 0.00375. The number of halogens is 1. The van der Waals surface area contributed by atoms with Gasteiger partial charge in [0.1, 0.15) is 32.2 Å². The molecular formula is C62H87ClN6O16. The minimum Gasteiger partial charge on any atom is -0.457 e. The Labute approximate surface area is 504 Å². The van der Waals surface area contributed by atoms with Gasteiger partial charge in [0.05, 0.1) is 22.5 Å². The van der Waals surface area contributed by atoms with Crippen LogP contribution in [0.15, 0.2) is 97.1 Å². The summed E-state index contributed by atoms with van der Waals surface area (Å²) in [5.74, 6) is -0.138. The van der Waals surface area contributed by atoms with E-state index >= 15 is 0 Å². The second kappa shape index (κ2) is 35.6. The fraction of sp³-hybridized carbons (Fsp3) is 0.548. The fourth-order valence-electron chi connectivity index (χ4n) is 9.34. The summed E-state index contributed by atoms with van der Waals surface area (Å²) < 4.78 is 40.2. The van der Waals surface area contributed by atoms with Crippen molar-refractivity contribution in [1.29, 1.82) is 0 Å². The van der Waals surface area contributed by atoms with Gasteiger partial charge >= 0.3 is 23.6 Å². The predicted octanol–water partition coefficient (Wildman–Crippen LogP) is 10.0. The zero-order valence-corrected chi connectivity index (χ0v) is 51.9. The van der Waals surface area contributed by atoms with Gasteiger partial charge < -0.3 is 48.1 Å². The molecule has 0 bridgehead atoms. The van der Waals surface area contributed by atoms with E-state index in [1.807, 2.05) is 140 Å². The average molecular weight is 1210 g/mol. The number of amides is 2. The first-order chi connectivity index (χ1) is 40.4. The number of carbonyl (C=O) groups excluding carboxylic acids is 4. The molecule has 2 heterocycles. The molecule has 1 N–H and O–H groups in total. The van der Waals surface area contributed by atoms with Crippen LogP contribution in [0.4, 0.5) is 21.0 Å². The van der Waals surface area contributed by atoms with Crippen LogP contribution in [0.2, 0.25) is 0 Å². The lowest BCUT2D eigenvalue weighted by atomic mass is 9.78. The maximum absolute atomic E-state index is 12.9. The molecule has 468 valence electrons. The Bertz CT molecular complexity index is 2740. The molecule has 85 heavy (non-hydrogen) atoms. The van der Waals surface area contributed by atoms with E-state index in [1.54, 1.807) is 12.1 Å². The van der Waals surface area contributed by atoms with Gasteiger partial charge in [0, 0.05) is 56.8 Å². The third-order valence-corrected chi connectivity index (χ3v) is 15.6. The second-order valence-electron chi connectivity index (χ2n) is 22.2. The van der Waals surface area contributed by atoms with Crippen molar-refractivity contribution in [2.24, 2.45) is 35.5 Å². The van der Waals surface area contributed by atoms with Crippen molar-refractivity contribution in [2.75, 3.05) is 80.3 Å². The predicted molar refractivity (Wildman–Crippen MR) is 321 cm³/mol. The highest BCUT2D eigenvalue weighted by Gasteiger charge is 2.44. The third-order valence-electron chi connectivity index (χ3n) is 15.3. The Morgan fingerprint density at radius 3 is 1.33 bits per heavy atom. The molecule has 2 amide bonds. The van der Waals surface area contributed by atoms with Gasteiger partial charge in [0.25, 0.3) is 0 Å². The Kier molecular flexibility index (Phi) is 29.6. The minimum atomic E-state index is -0.820. The van der Waals surface area contributed by atoms with Crippen LogP contribution in [0, 0.1) is 55.7 Å². The average Bonchev–Trinajstić information content (AvgIpc) is 2.88. The van der Waals surface area contributed by atoms with Crippen molar-refractivity contribution < 1.29 is 67.3 Å². The number of hydrogen-bond acceptors (Lipinski definition) is 18. The van der Waals surface area contributed by atoms with Crippen LogP contribution in [0.25, 0.3) is 0 Å². The molecule has 2 saturated heterocycles. The smallest absolute Gasteiger partial charge is 0.411 e. The van der Waals surface area contributed by atoms with E-state index in [1.165, 1.54) is 53.5 Å². The monoisotopic (exact) mass is 1210 g/mol. The molecule has 0 aromatic heterocycles. The molecule has 22 nitrogen and oxygen atoms in total. The molecule has 2 aliphatic heterocycles. The first kappa shape index (κ1) is 70.7. The van der Waals surface area contributed by atoms with Gasteiger partial charge in [-0.3, -0.25) is 39.6 Å². The molecule has 2 fully saturated rings. The van der Waals surface area contributed by atoms with Gasteiger partial charge in [-0.15, -0.1) is 11.6 Å². The van der Waals surface area contributed by atoms with Crippen LogP contribution in [0.1, 0.15) is 77.6 Å². The largest absolute Gasteiger partial charge is 0.457 e. The maximum Gasteiger partial charge on any atom is 0.411 e. The highest BCUT2D eigenvalue weighted by atomic mass is 35.5. The number of hydrogen-bond donors (Lipinski definition) is 1. The summed E-state index contributed by atoms with van der Waals surface area (Å²) in [6.45, 7) is 17.2. The first-order valence-electron chi connectivity index (χ1n) is 28.5. The summed E-state index contributed by atoms with van der Waals surface area (Å²) in [4.78, 5) is 78.5. The van der Waals surface area contributed by atoms with Crippen molar-refractivity contribution in [2.45, 2.75) is 106 Å². The number of carbonyl (C=O) groups is 4. The number of alkyl halides is 1. The number of nitro benzene ring substituents is 2. The summed E-state index contributed by atoms with van der Waals surface area (Å²) >= 11 is 5.84. The topological polar surface area (TPSA) is 252 Å². The maximum atomic E-state index is 12.9. The van der Waals surface area contributed by atoms with Gasteiger partial charge in [0.15, 0.2) is 23.1 Å². The normalized spacial score (nSPS) is 21.7. The number of aliphatic hydroxyl groups excluding tert-OH is 1. The van der Waals surface area contributed by atoms with Crippen LogP contribution in [-0.4, -0.2) is 163 Å². The van der Waals surface area contributed by atoms with Gasteiger partial charge in [-0.25, -0.2) is 9.59 Å². The highest BCUT2D eigenvalue weighted by molar-refractivity contribution is 6.18. The van der Waals surface area contributed by atoms with Crippen molar-refractivity contribution >= 4 is 46.7 Å². The molecule has 10 atom stereocenters. The SMILES string of the molecule is CC(=O)C1OC(Oc2ccc(COC(=O)N(CCN(C)C)COCCc3ccccc3)cc2[N+](=O)[O-])[C@@H](C)[C@@H](C)C1C.CC(=O)C1OC(Oc2ccc(COC(=O)N(CCl)CCN(C)C)cc2[N+](=O)[O-])[C@@H](C)[C@@H](C)C1C.OCCc1ccccc1. The number of nitrogens with zero attached hydrogens (tertiary/aromatic N) is 6. The third kappa shape index (κ3) is 22.5. The summed E-state index contributed by atoms with van der Waals surface area (Å²) in [5.41, 5.74) is 2.63. The second-order valence-corrected chi connectivity index (χ2v) is 22.4. The molecule has 0 spiro atoms. The van der Waals surface area contributed by atoms with Crippen molar-refractivity contribution in [3.05, 3.63) is 140 Å². The molecule has 6 rings (SSSR count). The Hall–Kier alpha value is -6.79. The fourth-order valence-corrected chi connectivity index (χ4v) is 9.56. The van der Waals surface area contributed by atoms with E-state index in [0.717, 1.165) is 12.0 Å². The zero-order valence-electron chi connectivity index (χ0n) is 51.1. The lowest BCUT2D eigenvalue weighted by molar-refractivity contribution is -0.386. The van der Waals surface area contributed by atoms with E-state index in [-0.39, 0.29) is 103 Å². The number of rotatable bonds is 26. The van der Waals surface area contributed by atoms with Crippen molar-refractivity contribution in [1.82, 2.24) is 19.6 Å². The van der Waals surface area contributed by atoms with E-state index in [0.29, 0.717) is 50.3 Å². The Balaban J connectivity index is 0.000000322. The molecule has 0 saturated carbocycles. The van der Waals surface area contributed by atoms with Gasteiger partial charge in [-0.05, 0) is 113 Å². The lowest BCUT2D eigenvalue weighted by Gasteiger charge is -2.42. The molecule has 23 heteroatoms. The number of benzene rings is 4. The molecule has 6 unspecified atom stereocenters. The molecule has 4 aromatic carbocycles. The van der Waals surface area contributed by atoms with Crippen LogP contribution >= 0.6 is 11.6 Å². The van der Waals surface area contributed by atoms with Gasteiger partial charge in [-0.2, -0.15) is 0 Å². The number of ether oxygens (including phenoxy) is 7.